The predicted molar refractivity (Wildman–Crippen MR) is 72.7 cm³/mol. The number of likely N-dealkylation sites (N-methyl/N-ethyl adjacent to an activating group) is 1. The lowest BCUT2D eigenvalue weighted by Gasteiger charge is -2.33. The Balaban J connectivity index is 1.95. The molecule has 2 rings (SSSR count). The smallest absolute Gasteiger partial charge is 0.239 e. The van der Waals surface area contributed by atoms with E-state index < -0.39 is 0 Å². The number of piperazine rings is 1. The molecule has 0 aromatic carbocycles. The van der Waals surface area contributed by atoms with Gasteiger partial charge in [0.1, 0.15) is 0 Å². The van der Waals surface area contributed by atoms with E-state index in [0.29, 0.717) is 6.54 Å². The zero-order valence-electron chi connectivity index (χ0n) is 11.9. The van der Waals surface area contributed by atoms with Gasteiger partial charge in [-0.05, 0) is 13.3 Å². The van der Waals surface area contributed by atoms with Gasteiger partial charge in [-0.2, -0.15) is 0 Å². The van der Waals surface area contributed by atoms with E-state index in [1.165, 1.54) is 0 Å². The average Bonchev–Trinajstić information content (AvgIpc) is 2.60. The maximum atomic E-state index is 12.4. The minimum Gasteiger partial charge on any atom is -0.345 e. The number of rotatable bonds is 2. The van der Waals surface area contributed by atoms with Crippen molar-refractivity contribution in [1.82, 2.24) is 20.0 Å². The molecule has 6 heteroatoms. The fourth-order valence-corrected chi connectivity index (χ4v) is 2.65. The highest BCUT2D eigenvalue weighted by Gasteiger charge is 2.29. The zero-order chi connectivity index (χ0) is 13.8. The second-order valence-corrected chi connectivity index (χ2v) is 5.39. The molecule has 1 unspecified atom stereocenters. The molecule has 0 aromatic heterocycles. The third-order valence-corrected chi connectivity index (χ3v) is 4.04. The molecular formula is C13H24N4O2. The molecule has 108 valence electrons. The van der Waals surface area contributed by atoms with Gasteiger partial charge in [0.15, 0.2) is 0 Å². The maximum absolute atomic E-state index is 12.4. The van der Waals surface area contributed by atoms with E-state index in [9.17, 15) is 9.59 Å². The van der Waals surface area contributed by atoms with Crippen molar-refractivity contribution in [2.45, 2.75) is 19.4 Å². The number of carbonyl (C=O) groups is 2. The highest BCUT2D eigenvalue weighted by Crippen LogP contribution is 2.10. The van der Waals surface area contributed by atoms with Gasteiger partial charge in [0.25, 0.3) is 0 Å². The number of hydrogen-bond donors (Lipinski definition) is 1. The van der Waals surface area contributed by atoms with Crippen LogP contribution < -0.4 is 5.32 Å². The standard InChI is InChI=1S/C13H24N4O2/c1-11(13(19)16-8-4-14-5-9-16)17-7-3-6-15(2)12(18)10-17/h11,14H,3-10H2,1-2H3. The molecule has 0 aliphatic carbocycles. The van der Waals surface area contributed by atoms with Crippen molar-refractivity contribution in [3.63, 3.8) is 0 Å². The number of amides is 2. The van der Waals surface area contributed by atoms with Crippen LogP contribution in [-0.2, 0) is 9.59 Å². The number of nitrogens with one attached hydrogen (secondary N) is 1. The van der Waals surface area contributed by atoms with Crippen LogP contribution >= 0.6 is 0 Å². The van der Waals surface area contributed by atoms with Crippen molar-refractivity contribution in [3.05, 3.63) is 0 Å². The molecule has 0 saturated carbocycles. The quantitative estimate of drug-likeness (QED) is 0.696. The summed E-state index contributed by atoms with van der Waals surface area (Å²) >= 11 is 0. The van der Waals surface area contributed by atoms with Crippen molar-refractivity contribution in [2.75, 3.05) is 52.9 Å². The lowest BCUT2D eigenvalue weighted by molar-refractivity contribution is -0.138. The van der Waals surface area contributed by atoms with Crippen LogP contribution in [-0.4, -0.2) is 85.4 Å². The van der Waals surface area contributed by atoms with Crippen LogP contribution in [0.25, 0.3) is 0 Å². The molecular weight excluding hydrogens is 244 g/mol. The van der Waals surface area contributed by atoms with Crippen molar-refractivity contribution in [1.29, 1.82) is 0 Å². The van der Waals surface area contributed by atoms with Crippen LogP contribution in [0.1, 0.15) is 13.3 Å². The van der Waals surface area contributed by atoms with Crippen molar-refractivity contribution < 1.29 is 9.59 Å². The summed E-state index contributed by atoms with van der Waals surface area (Å²) in [5.41, 5.74) is 0. The predicted octanol–water partition coefficient (Wildman–Crippen LogP) is -1.03. The number of carbonyl (C=O) groups excluding carboxylic acids is 2. The summed E-state index contributed by atoms with van der Waals surface area (Å²) in [6.45, 7) is 7.13. The van der Waals surface area contributed by atoms with E-state index >= 15 is 0 Å². The molecule has 2 fully saturated rings. The molecule has 1 atom stereocenters. The summed E-state index contributed by atoms with van der Waals surface area (Å²) in [5, 5.41) is 3.24. The van der Waals surface area contributed by atoms with Gasteiger partial charge in [0.2, 0.25) is 11.8 Å². The first-order chi connectivity index (χ1) is 9.09. The Morgan fingerprint density at radius 2 is 1.89 bits per heavy atom. The van der Waals surface area contributed by atoms with Crippen LogP contribution in [0, 0.1) is 0 Å². The van der Waals surface area contributed by atoms with Gasteiger partial charge in [-0.15, -0.1) is 0 Å². The topological polar surface area (TPSA) is 55.9 Å². The molecule has 2 amide bonds. The molecule has 6 nitrogen and oxygen atoms in total. The molecule has 19 heavy (non-hydrogen) atoms. The Bertz CT molecular complexity index is 342. The monoisotopic (exact) mass is 268 g/mol. The van der Waals surface area contributed by atoms with Crippen LogP contribution in [0.15, 0.2) is 0 Å². The molecule has 0 radical (unpaired) electrons. The third-order valence-electron chi connectivity index (χ3n) is 4.04. The summed E-state index contributed by atoms with van der Waals surface area (Å²) in [4.78, 5) is 30.0. The first kappa shape index (κ1) is 14.3. The SMILES string of the molecule is CC(C(=O)N1CCNCC1)N1CCCN(C)C(=O)C1. The minimum absolute atomic E-state index is 0.109. The first-order valence-corrected chi connectivity index (χ1v) is 7.07. The van der Waals surface area contributed by atoms with E-state index in [1.54, 1.807) is 4.90 Å². The van der Waals surface area contributed by atoms with Crippen LogP contribution in [0.5, 0.6) is 0 Å². The van der Waals surface area contributed by atoms with E-state index in [-0.39, 0.29) is 17.9 Å². The van der Waals surface area contributed by atoms with Crippen LogP contribution in [0.4, 0.5) is 0 Å². The molecule has 0 bridgehead atoms. The maximum Gasteiger partial charge on any atom is 0.239 e. The van der Waals surface area contributed by atoms with Gasteiger partial charge in [-0.3, -0.25) is 14.5 Å². The normalized spacial score (nSPS) is 24.2. The Hall–Kier alpha value is -1.14. The second kappa shape index (κ2) is 6.34. The van der Waals surface area contributed by atoms with E-state index in [1.807, 2.05) is 23.8 Å². The van der Waals surface area contributed by atoms with Gasteiger partial charge in [0, 0.05) is 46.3 Å². The largest absolute Gasteiger partial charge is 0.345 e. The Morgan fingerprint density at radius 3 is 2.58 bits per heavy atom. The Morgan fingerprint density at radius 1 is 1.21 bits per heavy atom. The fourth-order valence-electron chi connectivity index (χ4n) is 2.65. The van der Waals surface area contributed by atoms with Crippen LogP contribution in [0.3, 0.4) is 0 Å². The minimum atomic E-state index is -0.200. The summed E-state index contributed by atoms with van der Waals surface area (Å²) in [7, 11) is 1.83. The molecule has 0 aromatic rings. The summed E-state index contributed by atoms with van der Waals surface area (Å²) in [6, 6.07) is -0.200. The molecule has 0 spiro atoms. The summed E-state index contributed by atoms with van der Waals surface area (Å²) in [5.74, 6) is 0.260. The summed E-state index contributed by atoms with van der Waals surface area (Å²) in [6.07, 6.45) is 0.932. The van der Waals surface area contributed by atoms with Gasteiger partial charge in [-0.25, -0.2) is 0 Å². The molecule has 2 aliphatic heterocycles. The highest BCUT2D eigenvalue weighted by atomic mass is 16.2. The van der Waals surface area contributed by atoms with Crippen LogP contribution in [0.2, 0.25) is 0 Å². The Labute approximate surface area is 114 Å². The van der Waals surface area contributed by atoms with E-state index in [2.05, 4.69) is 5.32 Å². The van der Waals surface area contributed by atoms with Crippen molar-refractivity contribution in [2.24, 2.45) is 0 Å². The van der Waals surface area contributed by atoms with Gasteiger partial charge in [-0.1, -0.05) is 0 Å². The lowest BCUT2D eigenvalue weighted by atomic mass is 10.2. The molecule has 1 N–H and O–H groups in total. The molecule has 2 saturated heterocycles. The Kier molecular flexibility index (Phi) is 4.76. The number of nitrogens with zero attached hydrogens (tertiary/aromatic N) is 3. The first-order valence-electron chi connectivity index (χ1n) is 7.07. The fraction of sp³-hybridized carbons (Fsp3) is 0.846. The number of hydrogen-bond acceptors (Lipinski definition) is 4. The zero-order valence-corrected chi connectivity index (χ0v) is 11.9. The van der Waals surface area contributed by atoms with Gasteiger partial charge in [0.05, 0.1) is 12.6 Å². The van der Waals surface area contributed by atoms with E-state index in [0.717, 1.165) is 45.7 Å². The van der Waals surface area contributed by atoms with Gasteiger partial charge < -0.3 is 15.1 Å². The van der Waals surface area contributed by atoms with Crippen molar-refractivity contribution in [3.8, 4) is 0 Å². The summed E-state index contributed by atoms with van der Waals surface area (Å²) < 4.78 is 0. The van der Waals surface area contributed by atoms with Gasteiger partial charge >= 0.3 is 0 Å². The van der Waals surface area contributed by atoms with E-state index in [4.69, 9.17) is 0 Å². The molecule has 2 aliphatic rings. The third kappa shape index (κ3) is 3.45. The average molecular weight is 268 g/mol. The highest BCUT2D eigenvalue weighted by molar-refractivity contribution is 5.83. The van der Waals surface area contributed by atoms with Crippen molar-refractivity contribution >= 4 is 11.8 Å². The lowest BCUT2D eigenvalue weighted by Crippen LogP contribution is -2.54. The molecule has 2 heterocycles. The second-order valence-electron chi connectivity index (χ2n) is 5.39.